The van der Waals surface area contributed by atoms with E-state index in [1.807, 2.05) is 79.7 Å². The van der Waals surface area contributed by atoms with Crippen LogP contribution in [0.5, 0.6) is 5.75 Å². The van der Waals surface area contributed by atoms with Gasteiger partial charge in [0, 0.05) is 18.2 Å². The third-order valence-electron chi connectivity index (χ3n) is 5.89. The molecule has 3 aromatic rings. The highest BCUT2D eigenvalue weighted by Crippen LogP contribution is 2.41. The molecule has 2 N–H and O–H groups in total. The van der Waals surface area contributed by atoms with Gasteiger partial charge < -0.3 is 10.2 Å². The van der Waals surface area contributed by atoms with Crippen molar-refractivity contribution in [3.8, 4) is 5.75 Å². The molecule has 28 heavy (non-hydrogen) atoms. The maximum absolute atomic E-state index is 12.1. The first-order chi connectivity index (χ1) is 13.6. The third-order valence-corrected chi connectivity index (χ3v) is 5.89. The number of rotatable bonds is 5. The molecule has 0 unspecified atom stereocenters. The number of likely N-dealkylation sites (tertiary alicyclic amines) is 1. The molecule has 3 heteroatoms. The zero-order valence-electron chi connectivity index (χ0n) is 16.3. The number of phenolic OH excluding ortho intramolecular Hbond substituents is 1. The Kier molecular flexibility index (Phi) is 5.21. The molecule has 0 bridgehead atoms. The summed E-state index contributed by atoms with van der Waals surface area (Å²) < 4.78 is 0. The number of benzene rings is 3. The number of hydrogen-bond donors (Lipinski definition) is 2. The molecule has 1 aliphatic heterocycles. The molecule has 4 rings (SSSR count). The summed E-state index contributed by atoms with van der Waals surface area (Å²) in [6.45, 7) is 3.50. The van der Waals surface area contributed by atoms with Gasteiger partial charge in [-0.25, -0.2) is 0 Å². The molecule has 1 heterocycles. The Hall–Kier alpha value is -2.62. The van der Waals surface area contributed by atoms with Gasteiger partial charge in [-0.1, -0.05) is 72.8 Å². The van der Waals surface area contributed by atoms with E-state index in [2.05, 4.69) is 4.90 Å². The van der Waals surface area contributed by atoms with E-state index >= 15 is 0 Å². The van der Waals surface area contributed by atoms with Crippen molar-refractivity contribution in [2.75, 3.05) is 6.54 Å². The van der Waals surface area contributed by atoms with Gasteiger partial charge in [0.15, 0.2) is 0 Å². The van der Waals surface area contributed by atoms with Gasteiger partial charge >= 0.3 is 0 Å². The van der Waals surface area contributed by atoms with Crippen LogP contribution in [0.2, 0.25) is 0 Å². The summed E-state index contributed by atoms with van der Waals surface area (Å²) in [6, 6.07) is 25.7. The lowest BCUT2D eigenvalue weighted by Gasteiger charge is -2.40. The Morgan fingerprint density at radius 3 is 2.11 bits per heavy atom. The van der Waals surface area contributed by atoms with Crippen molar-refractivity contribution >= 4 is 0 Å². The summed E-state index contributed by atoms with van der Waals surface area (Å²) in [5.41, 5.74) is 2.67. The van der Waals surface area contributed by atoms with Crippen LogP contribution < -0.4 is 0 Å². The normalized spacial score (nSPS) is 17.7. The Labute approximate surface area is 166 Å². The number of hydrogen-bond acceptors (Lipinski definition) is 3. The van der Waals surface area contributed by atoms with Gasteiger partial charge in [0.25, 0.3) is 0 Å². The van der Waals surface area contributed by atoms with Crippen LogP contribution in [0.1, 0.15) is 35.1 Å². The fraction of sp³-hybridized carbons (Fsp3) is 0.280. The predicted molar refractivity (Wildman–Crippen MR) is 112 cm³/mol. The van der Waals surface area contributed by atoms with Crippen LogP contribution in [-0.4, -0.2) is 27.7 Å². The molecule has 3 nitrogen and oxygen atoms in total. The number of aromatic hydroxyl groups is 1. The van der Waals surface area contributed by atoms with E-state index in [-0.39, 0.29) is 6.04 Å². The van der Waals surface area contributed by atoms with Gasteiger partial charge in [-0.15, -0.1) is 0 Å². The summed E-state index contributed by atoms with van der Waals surface area (Å²) >= 11 is 0. The molecule has 0 spiro atoms. The Morgan fingerprint density at radius 1 is 0.929 bits per heavy atom. The lowest BCUT2D eigenvalue weighted by Crippen LogP contribution is -2.48. The lowest BCUT2D eigenvalue weighted by molar-refractivity contribution is -0.00672. The SMILES string of the molecule is Cc1ccc(CN2CCC[C@H]2C(O)(c2ccccc2)c2ccccc2)c(O)c1. The highest BCUT2D eigenvalue weighted by Gasteiger charge is 2.45. The molecule has 0 amide bonds. The van der Waals surface area contributed by atoms with E-state index in [1.165, 1.54) is 0 Å². The van der Waals surface area contributed by atoms with Crippen molar-refractivity contribution in [2.24, 2.45) is 0 Å². The Balaban J connectivity index is 1.73. The first-order valence-electron chi connectivity index (χ1n) is 9.95. The molecule has 144 valence electrons. The second kappa shape index (κ2) is 7.78. The van der Waals surface area contributed by atoms with Crippen LogP contribution in [0.15, 0.2) is 78.9 Å². The molecule has 1 atom stereocenters. The lowest BCUT2D eigenvalue weighted by atomic mass is 9.79. The fourth-order valence-electron chi connectivity index (χ4n) is 4.45. The molecule has 0 saturated carbocycles. The quantitative estimate of drug-likeness (QED) is 0.687. The van der Waals surface area contributed by atoms with Crippen LogP contribution in [0.25, 0.3) is 0 Å². The molecular formula is C25H27NO2. The Bertz CT molecular complexity index is 884. The number of aryl methyl sites for hydroxylation is 1. The topological polar surface area (TPSA) is 43.7 Å². The minimum atomic E-state index is -1.10. The predicted octanol–water partition coefficient (Wildman–Crippen LogP) is 4.60. The maximum Gasteiger partial charge on any atom is 0.130 e. The number of nitrogens with zero attached hydrogens (tertiary/aromatic N) is 1. The number of phenols is 1. The fourth-order valence-corrected chi connectivity index (χ4v) is 4.45. The van der Waals surface area contributed by atoms with Gasteiger partial charge in [-0.2, -0.15) is 0 Å². The first-order valence-corrected chi connectivity index (χ1v) is 9.95. The molecule has 0 radical (unpaired) electrons. The molecular weight excluding hydrogens is 346 g/mol. The zero-order valence-corrected chi connectivity index (χ0v) is 16.3. The zero-order chi connectivity index (χ0) is 19.6. The van der Waals surface area contributed by atoms with Crippen LogP contribution >= 0.6 is 0 Å². The molecule has 0 aromatic heterocycles. The minimum Gasteiger partial charge on any atom is -0.508 e. The van der Waals surface area contributed by atoms with E-state index in [0.29, 0.717) is 12.3 Å². The van der Waals surface area contributed by atoms with Gasteiger partial charge in [-0.05, 0) is 49.1 Å². The van der Waals surface area contributed by atoms with Crippen LogP contribution in [0.3, 0.4) is 0 Å². The maximum atomic E-state index is 12.1. The van der Waals surface area contributed by atoms with Crippen LogP contribution in [0.4, 0.5) is 0 Å². The first kappa shape index (κ1) is 18.7. The molecule has 1 saturated heterocycles. The van der Waals surface area contributed by atoms with Gasteiger partial charge in [0.05, 0.1) is 0 Å². The second-order valence-electron chi connectivity index (χ2n) is 7.76. The average molecular weight is 373 g/mol. The summed E-state index contributed by atoms with van der Waals surface area (Å²) in [5, 5.41) is 22.5. The van der Waals surface area contributed by atoms with Crippen molar-refractivity contribution in [3.63, 3.8) is 0 Å². The van der Waals surface area contributed by atoms with Crippen molar-refractivity contribution in [1.82, 2.24) is 4.90 Å². The summed E-state index contributed by atoms with van der Waals surface area (Å²) in [6.07, 6.45) is 1.94. The summed E-state index contributed by atoms with van der Waals surface area (Å²) in [7, 11) is 0. The van der Waals surface area contributed by atoms with E-state index in [9.17, 15) is 10.2 Å². The van der Waals surface area contributed by atoms with Crippen molar-refractivity contribution in [3.05, 3.63) is 101 Å². The van der Waals surface area contributed by atoms with Crippen LogP contribution in [0, 0.1) is 6.92 Å². The van der Waals surface area contributed by atoms with Crippen molar-refractivity contribution < 1.29 is 10.2 Å². The van der Waals surface area contributed by atoms with Crippen LogP contribution in [-0.2, 0) is 12.1 Å². The molecule has 1 aliphatic rings. The molecule has 3 aromatic carbocycles. The summed E-state index contributed by atoms with van der Waals surface area (Å²) in [5.74, 6) is 0.327. The van der Waals surface area contributed by atoms with Gasteiger partial charge in [0.1, 0.15) is 11.4 Å². The van der Waals surface area contributed by atoms with Crippen molar-refractivity contribution in [1.29, 1.82) is 0 Å². The van der Waals surface area contributed by atoms with Crippen molar-refractivity contribution in [2.45, 2.75) is 38.0 Å². The smallest absolute Gasteiger partial charge is 0.130 e. The largest absolute Gasteiger partial charge is 0.508 e. The standard InChI is InChI=1S/C25H27NO2/c1-19-14-15-20(23(27)17-19)18-26-16-8-13-24(26)25(28,21-9-4-2-5-10-21)22-11-6-3-7-12-22/h2-7,9-12,14-15,17,24,27-28H,8,13,16,18H2,1H3/t24-/m0/s1. The van der Waals surface area contributed by atoms with E-state index in [4.69, 9.17) is 0 Å². The van der Waals surface area contributed by atoms with E-state index in [0.717, 1.165) is 41.6 Å². The molecule has 0 aliphatic carbocycles. The van der Waals surface area contributed by atoms with Gasteiger partial charge in [0.2, 0.25) is 0 Å². The molecule has 1 fully saturated rings. The van der Waals surface area contributed by atoms with E-state index < -0.39 is 5.60 Å². The average Bonchev–Trinajstić information content (AvgIpc) is 3.19. The van der Waals surface area contributed by atoms with E-state index in [1.54, 1.807) is 6.07 Å². The highest BCUT2D eigenvalue weighted by atomic mass is 16.3. The van der Waals surface area contributed by atoms with Gasteiger partial charge in [-0.3, -0.25) is 4.90 Å². The highest BCUT2D eigenvalue weighted by molar-refractivity contribution is 5.40. The number of aliphatic hydroxyl groups is 1. The second-order valence-corrected chi connectivity index (χ2v) is 7.76. The monoisotopic (exact) mass is 373 g/mol. The summed E-state index contributed by atoms with van der Waals surface area (Å²) in [4.78, 5) is 2.31. The minimum absolute atomic E-state index is 0.0574. The Morgan fingerprint density at radius 2 is 1.54 bits per heavy atom. The third kappa shape index (κ3) is 3.44.